The lowest BCUT2D eigenvalue weighted by atomic mass is 10.0. The summed E-state index contributed by atoms with van der Waals surface area (Å²) in [4.78, 5) is 10.2. The smallest absolute Gasteiger partial charge is 0.146 e. The number of nitrogens with one attached hydrogen (secondary N) is 1. The second kappa shape index (κ2) is 7.97. The normalized spacial score (nSPS) is 14.3. The minimum absolute atomic E-state index is 0.415. The van der Waals surface area contributed by atoms with Crippen LogP contribution in [-0.4, -0.2) is 36.3 Å². The molecular formula is C24H23N3O2. The Morgan fingerprint density at radius 2 is 1.66 bits per heavy atom. The molecule has 5 nitrogen and oxygen atoms in total. The lowest BCUT2D eigenvalue weighted by Crippen LogP contribution is -2.36. The summed E-state index contributed by atoms with van der Waals surface area (Å²) in [5.41, 5.74) is 5.66. The van der Waals surface area contributed by atoms with Gasteiger partial charge < -0.3 is 19.4 Å². The molecular weight excluding hydrogens is 362 g/mol. The Bertz CT molecular complexity index is 1070. The van der Waals surface area contributed by atoms with Gasteiger partial charge in [-0.05, 0) is 35.9 Å². The van der Waals surface area contributed by atoms with Gasteiger partial charge in [0.05, 0.1) is 24.2 Å². The summed E-state index contributed by atoms with van der Waals surface area (Å²) in [6, 6.07) is 24.8. The average Bonchev–Trinajstić information content (AvgIpc) is 3.22. The average molecular weight is 385 g/mol. The van der Waals surface area contributed by atoms with Crippen LogP contribution in [0.5, 0.6) is 5.75 Å². The molecule has 0 saturated carbocycles. The highest BCUT2D eigenvalue weighted by molar-refractivity contribution is 5.79. The number of benzene rings is 3. The SMILES string of the molecule is c1ccc(N2CCOCC2)c(-c2ccc(OCc3nc4ccccc4[nH]3)cc2)c1. The third-order valence-electron chi connectivity index (χ3n) is 5.24. The summed E-state index contributed by atoms with van der Waals surface area (Å²) >= 11 is 0. The number of hydrogen-bond acceptors (Lipinski definition) is 4. The summed E-state index contributed by atoms with van der Waals surface area (Å²) in [7, 11) is 0. The lowest BCUT2D eigenvalue weighted by Gasteiger charge is -2.30. The van der Waals surface area contributed by atoms with E-state index in [9.17, 15) is 0 Å². The molecule has 1 saturated heterocycles. The first-order valence-corrected chi connectivity index (χ1v) is 9.95. The number of ether oxygens (including phenoxy) is 2. The molecule has 0 unspecified atom stereocenters. The van der Waals surface area contributed by atoms with Gasteiger partial charge in [-0.1, -0.05) is 42.5 Å². The van der Waals surface area contributed by atoms with E-state index in [0.29, 0.717) is 6.61 Å². The van der Waals surface area contributed by atoms with E-state index >= 15 is 0 Å². The van der Waals surface area contributed by atoms with E-state index in [0.717, 1.165) is 48.9 Å². The van der Waals surface area contributed by atoms with Crippen LogP contribution in [0.3, 0.4) is 0 Å². The zero-order valence-electron chi connectivity index (χ0n) is 16.2. The first-order valence-electron chi connectivity index (χ1n) is 9.95. The van der Waals surface area contributed by atoms with Crippen LogP contribution < -0.4 is 9.64 Å². The minimum Gasteiger partial charge on any atom is -0.486 e. The molecule has 0 atom stereocenters. The Balaban J connectivity index is 1.31. The van der Waals surface area contributed by atoms with Gasteiger partial charge in [-0.3, -0.25) is 0 Å². The van der Waals surface area contributed by atoms with Gasteiger partial charge in [0.1, 0.15) is 18.2 Å². The van der Waals surface area contributed by atoms with Crippen LogP contribution in [0, 0.1) is 0 Å². The molecule has 1 N–H and O–H groups in total. The number of aromatic amines is 1. The highest BCUT2D eigenvalue weighted by atomic mass is 16.5. The van der Waals surface area contributed by atoms with Crippen LogP contribution in [0.4, 0.5) is 5.69 Å². The Morgan fingerprint density at radius 3 is 2.48 bits per heavy atom. The van der Waals surface area contributed by atoms with Crippen molar-refractivity contribution in [3.8, 4) is 16.9 Å². The Labute approximate surface area is 169 Å². The molecule has 1 aromatic heterocycles. The van der Waals surface area contributed by atoms with Gasteiger partial charge in [0, 0.05) is 24.3 Å². The van der Waals surface area contributed by atoms with Crippen LogP contribution in [0.1, 0.15) is 5.82 Å². The molecule has 0 amide bonds. The predicted octanol–water partition coefficient (Wildman–Crippen LogP) is 4.65. The molecule has 5 heteroatoms. The van der Waals surface area contributed by atoms with Crippen molar-refractivity contribution in [2.45, 2.75) is 6.61 Å². The minimum atomic E-state index is 0.415. The molecule has 1 aliphatic rings. The number of rotatable bonds is 5. The summed E-state index contributed by atoms with van der Waals surface area (Å²) in [6.45, 7) is 3.83. The van der Waals surface area contributed by atoms with Crippen molar-refractivity contribution in [2.24, 2.45) is 0 Å². The Morgan fingerprint density at radius 1 is 0.897 bits per heavy atom. The summed E-state index contributed by atoms with van der Waals surface area (Å²) in [6.07, 6.45) is 0. The van der Waals surface area contributed by atoms with Crippen molar-refractivity contribution in [1.29, 1.82) is 0 Å². The fourth-order valence-corrected chi connectivity index (χ4v) is 3.75. The largest absolute Gasteiger partial charge is 0.486 e. The number of para-hydroxylation sites is 3. The topological polar surface area (TPSA) is 50.4 Å². The maximum atomic E-state index is 5.94. The third-order valence-corrected chi connectivity index (χ3v) is 5.24. The van der Waals surface area contributed by atoms with Crippen LogP contribution in [0.2, 0.25) is 0 Å². The van der Waals surface area contributed by atoms with Crippen molar-refractivity contribution in [1.82, 2.24) is 9.97 Å². The fraction of sp³-hybridized carbons (Fsp3) is 0.208. The zero-order chi connectivity index (χ0) is 19.5. The summed E-state index contributed by atoms with van der Waals surface area (Å²) in [5.74, 6) is 1.66. The van der Waals surface area contributed by atoms with Crippen molar-refractivity contribution in [2.75, 3.05) is 31.2 Å². The van der Waals surface area contributed by atoms with Crippen LogP contribution in [0.25, 0.3) is 22.2 Å². The molecule has 0 aliphatic carbocycles. The van der Waals surface area contributed by atoms with E-state index in [1.54, 1.807) is 0 Å². The van der Waals surface area contributed by atoms with E-state index in [2.05, 4.69) is 51.3 Å². The molecule has 3 aromatic carbocycles. The molecule has 146 valence electrons. The molecule has 1 fully saturated rings. The highest BCUT2D eigenvalue weighted by Crippen LogP contribution is 2.32. The third kappa shape index (κ3) is 3.82. The lowest BCUT2D eigenvalue weighted by molar-refractivity contribution is 0.123. The van der Waals surface area contributed by atoms with E-state index in [-0.39, 0.29) is 0 Å². The number of imidazole rings is 1. The molecule has 29 heavy (non-hydrogen) atoms. The molecule has 5 rings (SSSR count). The molecule has 0 spiro atoms. The van der Waals surface area contributed by atoms with E-state index in [4.69, 9.17) is 9.47 Å². The van der Waals surface area contributed by atoms with Crippen LogP contribution in [0.15, 0.2) is 72.8 Å². The van der Waals surface area contributed by atoms with Gasteiger partial charge >= 0.3 is 0 Å². The highest BCUT2D eigenvalue weighted by Gasteiger charge is 2.15. The predicted molar refractivity (Wildman–Crippen MR) is 115 cm³/mol. The Hall–Kier alpha value is -3.31. The second-order valence-electron chi connectivity index (χ2n) is 7.13. The van der Waals surface area contributed by atoms with Crippen molar-refractivity contribution in [3.63, 3.8) is 0 Å². The monoisotopic (exact) mass is 385 g/mol. The van der Waals surface area contributed by atoms with Gasteiger partial charge in [0.2, 0.25) is 0 Å². The summed E-state index contributed by atoms with van der Waals surface area (Å²) in [5, 5.41) is 0. The van der Waals surface area contributed by atoms with Crippen LogP contribution >= 0.6 is 0 Å². The van der Waals surface area contributed by atoms with Gasteiger partial charge in [-0.25, -0.2) is 4.98 Å². The maximum Gasteiger partial charge on any atom is 0.146 e. The van der Waals surface area contributed by atoms with Gasteiger partial charge in [-0.2, -0.15) is 0 Å². The number of H-pyrrole nitrogens is 1. The standard InChI is InChI=1S/C24H23N3O2/c1-4-8-23(27-13-15-28-16-14-27)20(5-1)18-9-11-19(12-10-18)29-17-24-25-21-6-2-3-7-22(21)26-24/h1-12H,13-17H2,(H,25,26). The van der Waals surface area contributed by atoms with Crippen molar-refractivity contribution < 1.29 is 9.47 Å². The quantitative estimate of drug-likeness (QED) is 0.543. The van der Waals surface area contributed by atoms with E-state index in [1.165, 1.54) is 16.8 Å². The molecule has 2 heterocycles. The number of fused-ring (bicyclic) bond motifs is 1. The number of nitrogens with zero attached hydrogens (tertiary/aromatic N) is 2. The second-order valence-corrected chi connectivity index (χ2v) is 7.13. The van der Waals surface area contributed by atoms with Crippen LogP contribution in [-0.2, 0) is 11.3 Å². The number of hydrogen-bond donors (Lipinski definition) is 1. The van der Waals surface area contributed by atoms with Gasteiger partial charge in [0.15, 0.2) is 0 Å². The number of anilines is 1. The fourth-order valence-electron chi connectivity index (χ4n) is 3.75. The molecule has 4 aromatic rings. The maximum absolute atomic E-state index is 5.94. The number of morpholine rings is 1. The zero-order valence-corrected chi connectivity index (χ0v) is 16.2. The molecule has 1 aliphatic heterocycles. The molecule has 0 radical (unpaired) electrons. The molecule has 0 bridgehead atoms. The van der Waals surface area contributed by atoms with Gasteiger partial charge in [0.25, 0.3) is 0 Å². The van der Waals surface area contributed by atoms with E-state index < -0.39 is 0 Å². The Kier molecular flexibility index (Phi) is 4.88. The summed E-state index contributed by atoms with van der Waals surface area (Å²) < 4.78 is 11.4. The van der Waals surface area contributed by atoms with Gasteiger partial charge in [-0.15, -0.1) is 0 Å². The van der Waals surface area contributed by atoms with Crippen molar-refractivity contribution in [3.05, 3.63) is 78.6 Å². The number of aromatic nitrogens is 2. The van der Waals surface area contributed by atoms with Crippen molar-refractivity contribution >= 4 is 16.7 Å². The first-order chi connectivity index (χ1) is 14.4. The van der Waals surface area contributed by atoms with E-state index in [1.807, 2.05) is 36.4 Å². The first kappa shape index (κ1) is 17.8.